The molecule has 0 saturated carbocycles. The largest absolute Gasteiger partial charge is 0.497 e. The average molecular weight is 425 g/mol. The number of nitrogens with zero attached hydrogens (tertiary/aromatic N) is 3. The van der Waals surface area contributed by atoms with Crippen LogP contribution in [0.25, 0.3) is 0 Å². The second kappa shape index (κ2) is 10.1. The van der Waals surface area contributed by atoms with Gasteiger partial charge in [-0.1, -0.05) is 29.5 Å². The number of carbonyl (C=O) groups is 2. The Morgan fingerprint density at radius 2 is 1.87 bits per heavy atom. The first kappa shape index (κ1) is 21.6. The van der Waals surface area contributed by atoms with E-state index in [-0.39, 0.29) is 24.0 Å². The number of nitrogens with one attached hydrogen (secondary N) is 1. The first-order valence-corrected chi connectivity index (χ1v) is 10.6. The highest BCUT2D eigenvalue weighted by molar-refractivity contribution is 7.99. The molecule has 0 bridgehead atoms. The minimum Gasteiger partial charge on any atom is -0.497 e. The quantitative estimate of drug-likeness (QED) is 0.418. The lowest BCUT2D eigenvalue weighted by Crippen LogP contribution is -2.24. The molecule has 1 amide bonds. The molecule has 0 aliphatic rings. The van der Waals surface area contributed by atoms with E-state index in [2.05, 4.69) is 15.5 Å². The van der Waals surface area contributed by atoms with Crippen molar-refractivity contribution >= 4 is 23.5 Å². The summed E-state index contributed by atoms with van der Waals surface area (Å²) in [7, 11) is 1.59. The SMILES string of the molecule is CCn1c(CNC(=O)c2cccc(C)c2)nnc1SCC(=O)c1ccc(OC)cc1. The molecule has 1 heterocycles. The van der Waals surface area contributed by atoms with Crippen molar-refractivity contribution in [1.82, 2.24) is 20.1 Å². The molecule has 0 aliphatic carbocycles. The zero-order valence-corrected chi connectivity index (χ0v) is 18.0. The summed E-state index contributed by atoms with van der Waals surface area (Å²) in [6.45, 7) is 4.83. The van der Waals surface area contributed by atoms with Gasteiger partial charge in [0.25, 0.3) is 5.91 Å². The number of Topliss-reactive ketones (excluding diaryl/α,β-unsaturated/α-hetero) is 1. The van der Waals surface area contributed by atoms with Crippen molar-refractivity contribution < 1.29 is 14.3 Å². The van der Waals surface area contributed by atoms with Crippen LogP contribution in [-0.2, 0) is 13.1 Å². The fourth-order valence-corrected chi connectivity index (χ4v) is 3.83. The van der Waals surface area contributed by atoms with Crippen molar-refractivity contribution in [1.29, 1.82) is 0 Å². The molecule has 0 aliphatic heterocycles. The van der Waals surface area contributed by atoms with E-state index >= 15 is 0 Å². The number of hydrogen-bond donors (Lipinski definition) is 1. The van der Waals surface area contributed by atoms with Gasteiger partial charge in [0.15, 0.2) is 16.8 Å². The average Bonchev–Trinajstić information content (AvgIpc) is 3.17. The van der Waals surface area contributed by atoms with Crippen molar-refractivity contribution in [2.24, 2.45) is 0 Å². The van der Waals surface area contributed by atoms with Crippen LogP contribution in [0.2, 0.25) is 0 Å². The number of aromatic nitrogens is 3. The van der Waals surface area contributed by atoms with Gasteiger partial charge < -0.3 is 14.6 Å². The summed E-state index contributed by atoms with van der Waals surface area (Å²) in [4.78, 5) is 24.8. The Labute approximate surface area is 179 Å². The molecule has 3 rings (SSSR count). The van der Waals surface area contributed by atoms with Crippen LogP contribution in [0, 0.1) is 6.92 Å². The lowest BCUT2D eigenvalue weighted by molar-refractivity contribution is 0.0948. The Kier molecular flexibility index (Phi) is 7.24. The molecular formula is C22H24N4O3S. The van der Waals surface area contributed by atoms with Gasteiger partial charge in [-0.3, -0.25) is 9.59 Å². The zero-order chi connectivity index (χ0) is 21.5. The number of carbonyl (C=O) groups excluding carboxylic acids is 2. The van der Waals surface area contributed by atoms with Crippen LogP contribution in [0.4, 0.5) is 0 Å². The molecule has 1 aromatic heterocycles. The molecule has 0 saturated heterocycles. The van der Waals surface area contributed by atoms with Crippen LogP contribution < -0.4 is 10.1 Å². The van der Waals surface area contributed by atoms with E-state index < -0.39 is 0 Å². The fraction of sp³-hybridized carbons (Fsp3) is 0.273. The van der Waals surface area contributed by atoms with E-state index in [0.29, 0.717) is 34.4 Å². The van der Waals surface area contributed by atoms with Gasteiger partial charge in [-0.15, -0.1) is 10.2 Å². The number of aryl methyl sites for hydroxylation is 1. The number of thioether (sulfide) groups is 1. The summed E-state index contributed by atoms with van der Waals surface area (Å²) in [6.07, 6.45) is 0. The second-order valence-corrected chi connectivity index (χ2v) is 7.58. The fourth-order valence-electron chi connectivity index (χ4n) is 2.91. The predicted octanol–water partition coefficient (Wildman–Crippen LogP) is 3.52. The van der Waals surface area contributed by atoms with Crippen molar-refractivity contribution in [2.45, 2.75) is 32.1 Å². The number of hydrogen-bond acceptors (Lipinski definition) is 6. The molecule has 1 N–H and O–H groups in total. The molecule has 156 valence electrons. The van der Waals surface area contributed by atoms with Gasteiger partial charge in [0.1, 0.15) is 5.75 Å². The standard InChI is InChI=1S/C22H24N4O3S/c1-4-26-20(13-23-21(28)17-7-5-6-15(2)12-17)24-25-22(26)30-14-19(27)16-8-10-18(29-3)11-9-16/h5-12H,4,13-14H2,1-3H3,(H,23,28). The van der Waals surface area contributed by atoms with Crippen LogP contribution in [0.1, 0.15) is 39.0 Å². The predicted molar refractivity (Wildman–Crippen MR) is 116 cm³/mol. The van der Waals surface area contributed by atoms with Gasteiger partial charge in [-0.2, -0.15) is 0 Å². The Balaban J connectivity index is 1.60. The highest BCUT2D eigenvalue weighted by atomic mass is 32.2. The summed E-state index contributed by atoms with van der Waals surface area (Å²) < 4.78 is 7.02. The number of amides is 1. The molecular weight excluding hydrogens is 400 g/mol. The van der Waals surface area contributed by atoms with E-state index in [9.17, 15) is 9.59 Å². The van der Waals surface area contributed by atoms with Crippen molar-refractivity contribution in [3.8, 4) is 5.75 Å². The summed E-state index contributed by atoms with van der Waals surface area (Å²) in [5.41, 5.74) is 2.26. The number of methoxy groups -OCH3 is 1. The maximum Gasteiger partial charge on any atom is 0.251 e. The van der Waals surface area contributed by atoms with E-state index in [1.807, 2.05) is 36.6 Å². The van der Waals surface area contributed by atoms with Crippen molar-refractivity contribution in [3.05, 3.63) is 71.0 Å². The molecule has 0 radical (unpaired) electrons. The van der Waals surface area contributed by atoms with Crippen LogP contribution in [0.5, 0.6) is 5.75 Å². The van der Waals surface area contributed by atoms with E-state index in [0.717, 1.165) is 5.56 Å². The van der Waals surface area contributed by atoms with Gasteiger partial charge in [0.2, 0.25) is 0 Å². The molecule has 3 aromatic rings. The molecule has 2 aromatic carbocycles. The third-order valence-electron chi connectivity index (χ3n) is 4.54. The summed E-state index contributed by atoms with van der Waals surface area (Å²) >= 11 is 1.33. The van der Waals surface area contributed by atoms with Crippen molar-refractivity contribution in [3.63, 3.8) is 0 Å². The first-order valence-electron chi connectivity index (χ1n) is 9.58. The van der Waals surface area contributed by atoms with Gasteiger partial charge in [0.05, 0.1) is 19.4 Å². The third kappa shape index (κ3) is 5.27. The number of benzene rings is 2. The van der Waals surface area contributed by atoms with Crippen LogP contribution in [-0.4, -0.2) is 39.3 Å². The number of rotatable bonds is 9. The van der Waals surface area contributed by atoms with Gasteiger partial charge in [-0.25, -0.2) is 0 Å². The number of ketones is 1. The molecule has 0 spiro atoms. The molecule has 7 nitrogen and oxygen atoms in total. The smallest absolute Gasteiger partial charge is 0.251 e. The minimum absolute atomic E-state index is 0.00241. The van der Waals surface area contributed by atoms with Gasteiger partial charge in [0, 0.05) is 17.7 Å². The lowest BCUT2D eigenvalue weighted by Gasteiger charge is -2.09. The van der Waals surface area contributed by atoms with Crippen LogP contribution in [0.3, 0.4) is 0 Å². The van der Waals surface area contributed by atoms with Crippen molar-refractivity contribution in [2.75, 3.05) is 12.9 Å². The molecule has 30 heavy (non-hydrogen) atoms. The summed E-state index contributed by atoms with van der Waals surface area (Å²) in [6, 6.07) is 14.4. The summed E-state index contributed by atoms with van der Waals surface area (Å²) in [5, 5.41) is 11.9. The van der Waals surface area contributed by atoms with Crippen LogP contribution >= 0.6 is 11.8 Å². The topological polar surface area (TPSA) is 86.1 Å². The Morgan fingerprint density at radius 1 is 1.10 bits per heavy atom. The molecule has 0 unspecified atom stereocenters. The Hall–Kier alpha value is -3.13. The highest BCUT2D eigenvalue weighted by Gasteiger charge is 2.15. The maximum absolute atomic E-state index is 12.4. The molecule has 8 heteroatoms. The Morgan fingerprint density at radius 3 is 2.53 bits per heavy atom. The van der Waals surface area contributed by atoms with E-state index in [1.165, 1.54) is 11.8 Å². The molecule has 0 atom stereocenters. The van der Waals surface area contributed by atoms with Gasteiger partial charge >= 0.3 is 0 Å². The first-order chi connectivity index (χ1) is 14.5. The second-order valence-electron chi connectivity index (χ2n) is 6.64. The Bertz CT molecular complexity index is 1030. The zero-order valence-electron chi connectivity index (χ0n) is 17.2. The third-order valence-corrected chi connectivity index (χ3v) is 5.51. The van der Waals surface area contributed by atoms with E-state index in [4.69, 9.17) is 4.74 Å². The van der Waals surface area contributed by atoms with Crippen LogP contribution in [0.15, 0.2) is 53.7 Å². The normalized spacial score (nSPS) is 10.6. The van der Waals surface area contributed by atoms with Gasteiger partial charge in [-0.05, 0) is 50.2 Å². The monoisotopic (exact) mass is 424 g/mol. The highest BCUT2D eigenvalue weighted by Crippen LogP contribution is 2.20. The molecule has 0 fully saturated rings. The lowest BCUT2D eigenvalue weighted by atomic mass is 10.1. The summed E-state index contributed by atoms with van der Waals surface area (Å²) in [5.74, 6) is 1.45. The maximum atomic E-state index is 12.4. The minimum atomic E-state index is -0.159. The van der Waals surface area contributed by atoms with E-state index in [1.54, 1.807) is 37.4 Å². The number of ether oxygens (including phenoxy) is 1.